The molecule has 1 atom stereocenters. The number of amides is 1. The first-order chi connectivity index (χ1) is 16.5. The van der Waals surface area contributed by atoms with Crippen LogP contribution in [-0.4, -0.2) is 50.9 Å². The second kappa shape index (κ2) is 9.05. The fraction of sp³-hybridized carbons (Fsp3) is 0.333. The molecule has 1 aliphatic heterocycles. The van der Waals surface area contributed by atoms with Crippen LogP contribution in [0.1, 0.15) is 25.5 Å². The number of benzene rings is 1. The molecule has 34 heavy (non-hydrogen) atoms. The lowest BCUT2D eigenvalue weighted by molar-refractivity contribution is -0.121. The minimum Gasteiger partial charge on any atom is -0.486 e. The molecule has 176 valence electrons. The maximum Gasteiger partial charge on any atom is 0.241 e. The van der Waals surface area contributed by atoms with Crippen LogP contribution < -0.4 is 20.1 Å². The van der Waals surface area contributed by atoms with E-state index in [1.165, 1.54) is 0 Å². The van der Waals surface area contributed by atoms with Crippen molar-refractivity contribution in [3.63, 3.8) is 0 Å². The molecule has 4 aromatic rings. The third-order valence-corrected chi connectivity index (χ3v) is 5.84. The van der Waals surface area contributed by atoms with Crippen LogP contribution in [0.3, 0.4) is 0 Å². The monoisotopic (exact) mass is 461 g/mol. The molecule has 0 fully saturated rings. The fourth-order valence-corrected chi connectivity index (χ4v) is 4.06. The van der Waals surface area contributed by atoms with Gasteiger partial charge < -0.3 is 25.1 Å². The minimum atomic E-state index is -0.109. The lowest BCUT2D eigenvalue weighted by Crippen LogP contribution is -2.23. The second-order valence-corrected chi connectivity index (χ2v) is 8.54. The second-order valence-electron chi connectivity index (χ2n) is 8.54. The summed E-state index contributed by atoms with van der Waals surface area (Å²) in [6.07, 6.45) is 5.09. The number of nitrogens with one attached hydrogen (secondary N) is 3. The van der Waals surface area contributed by atoms with Gasteiger partial charge in [0.2, 0.25) is 5.91 Å². The number of ether oxygens (including phenoxy) is 2. The standard InChI is InChI=1S/C24H27N7O3/c1-14(2)22(15-4-5-19-20(8-15)34-7-6-33-19)30-24-17-9-18(29-23(17)26-13-27-24)16-10-28-31(11-16)12-21(32)25-3/h4-5,8-11,13-14,22H,6-7,12H2,1-3H3,(H,25,32)(H2,26,27,29,30)/t22-/m0/s1. The van der Waals surface area contributed by atoms with Gasteiger partial charge in [-0.25, -0.2) is 9.97 Å². The number of likely N-dealkylation sites (N-methyl/N-ethyl adjacent to an activating group) is 1. The van der Waals surface area contributed by atoms with Gasteiger partial charge in [0.1, 0.15) is 37.6 Å². The van der Waals surface area contributed by atoms with Crippen LogP contribution in [0, 0.1) is 5.92 Å². The van der Waals surface area contributed by atoms with Crippen LogP contribution in [0.2, 0.25) is 0 Å². The third kappa shape index (κ3) is 4.26. The smallest absolute Gasteiger partial charge is 0.241 e. The molecule has 0 radical (unpaired) electrons. The van der Waals surface area contributed by atoms with Gasteiger partial charge >= 0.3 is 0 Å². The van der Waals surface area contributed by atoms with Gasteiger partial charge in [0.25, 0.3) is 0 Å². The van der Waals surface area contributed by atoms with Gasteiger partial charge in [0, 0.05) is 18.8 Å². The Labute approximate surface area is 196 Å². The molecule has 10 heteroatoms. The summed E-state index contributed by atoms with van der Waals surface area (Å²) in [7, 11) is 1.60. The number of carbonyl (C=O) groups is 1. The highest BCUT2D eigenvalue weighted by atomic mass is 16.6. The first kappa shape index (κ1) is 21.7. The van der Waals surface area contributed by atoms with E-state index in [0.717, 1.165) is 45.2 Å². The van der Waals surface area contributed by atoms with Crippen LogP contribution >= 0.6 is 0 Å². The Morgan fingerprint density at radius 1 is 1.18 bits per heavy atom. The summed E-state index contributed by atoms with van der Waals surface area (Å²) in [6.45, 7) is 5.60. The Morgan fingerprint density at radius 2 is 2.00 bits per heavy atom. The average molecular weight is 462 g/mol. The summed E-state index contributed by atoms with van der Waals surface area (Å²) in [6, 6.07) is 8.06. The van der Waals surface area contributed by atoms with Crippen LogP contribution in [0.4, 0.5) is 5.82 Å². The third-order valence-electron chi connectivity index (χ3n) is 5.84. The molecular formula is C24H27N7O3. The lowest BCUT2D eigenvalue weighted by Gasteiger charge is -2.26. The molecular weight excluding hydrogens is 434 g/mol. The van der Waals surface area contributed by atoms with Crippen LogP contribution in [0.15, 0.2) is 43.0 Å². The van der Waals surface area contributed by atoms with E-state index in [4.69, 9.17) is 9.47 Å². The van der Waals surface area contributed by atoms with E-state index in [2.05, 4.69) is 50.6 Å². The van der Waals surface area contributed by atoms with Crippen molar-refractivity contribution < 1.29 is 14.3 Å². The average Bonchev–Trinajstić information content (AvgIpc) is 3.49. The van der Waals surface area contributed by atoms with E-state index in [0.29, 0.717) is 13.2 Å². The number of aromatic nitrogens is 5. The van der Waals surface area contributed by atoms with Gasteiger partial charge in [-0.1, -0.05) is 19.9 Å². The van der Waals surface area contributed by atoms with Gasteiger partial charge in [-0.15, -0.1) is 0 Å². The van der Waals surface area contributed by atoms with Crippen molar-refractivity contribution in [3.8, 4) is 22.8 Å². The minimum absolute atomic E-state index is 0.00239. The molecule has 0 spiro atoms. The summed E-state index contributed by atoms with van der Waals surface area (Å²) in [4.78, 5) is 23.9. The zero-order chi connectivity index (χ0) is 23.7. The number of carbonyl (C=O) groups excluding carboxylic acids is 1. The molecule has 0 bridgehead atoms. The summed E-state index contributed by atoms with van der Waals surface area (Å²) in [5.41, 5.74) is 3.52. The largest absolute Gasteiger partial charge is 0.486 e. The molecule has 1 aromatic carbocycles. The van der Waals surface area contributed by atoms with Crippen molar-refractivity contribution >= 4 is 22.8 Å². The highest BCUT2D eigenvalue weighted by molar-refractivity contribution is 5.91. The number of nitrogens with zero attached hydrogens (tertiary/aromatic N) is 4. The molecule has 10 nitrogen and oxygen atoms in total. The van der Waals surface area contributed by atoms with Gasteiger partial charge in [-0.05, 0) is 29.7 Å². The highest BCUT2D eigenvalue weighted by Gasteiger charge is 2.22. The number of hydrogen-bond acceptors (Lipinski definition) is 7. The number of aromatic amines is 1. The maximum absolute atomic E-state index is 11.6. The van der Waals surface area contributed by atoms with Gasteiger partial charge in [0.15, 0.2) is 11.5 Å². The number of rotatable bonds is 7. The number of fused-ring (bicyclic) bond motifs is 2. The van der Waals surface area contributed by atoms with E-state index in [1.807, 2.05) is 24.4 Å². The fourth-order valence-electron chi connectivity index (χ4n) is 4.06. The molecule has 0 saturated carbocycles. The Morgan fingerprint density at radius 3 is 2.79 bits per heavy atom. The number of H-pyrrole nitrogens is 1. The van der Waals surface area contributed by atoms with E-state index in [1.54, 1.807) is 24.3 Å². The molecule has 3 N–H and O–H groups in total. The van der Waals surface area contributed by atoms with Crippen LogP contribution in [0.25, 0.3) is 22.3 Å². The molecule has 0 aliphatic carbocycles. The molecule has 4 heterocycles. The van der Waals surface area contributed by atoms with Gasteiger partial charge in [0.05, 0.1) is 23.3 Å². The zero-order valence-electron chi connectivity index (χ0n) is 19.3. The SMILES string of the molecule is CNC(=O)Cn1cc(-c2cc3c(N[C@H](c4ccc5c(c4)OCCO5)C(C)C)ncnc3[nH]2)cn1. The topological polar surface area (TPSA) is 119 Å². The van der Waals surface area contributed by atoms with E-state index >= 15 is 0 Å². The van der Waals surface area contributed by atoms with E-state index < -0.39 is 0 Å². The molecule has 1 amide bonds. The first-order valence-electron chi connectivity index (χ1n) is 11.2. The normalized spacial score (nSPS) is 13.8. The molecule has 0 saturated heterocycles. The van der Waals surface area contributed by atoms with Crippen molar-refractivity contribution in [1.29, 1.82) is 0 Å². The predicted octanol–water partition coefficient (Wildman–Crippen LogP) is 3.15. The van der Waals surface area contributed by atoms with E-state index in [9.17, 15) is 4.79 Å². The Balaban J connectivity index is 1.44. The summed E-state index contributed by atoms with van der Waals surface area (Å²) < 4.78 is 13.1. The van der Waals surface area contributed by atoms with Crippen LogP contribution in [0.5, 0.6) is 11.5 Å². The van der Waals surface area contributed by atoms with Crippen molar-refractivity contribution in [2.24, 2.45) is 5.92 Å². The summed E-state index contributed by atoms with van der Waals surface area (Å²) >= 11 is 0. The molecule has 5 rings (SSSR count). The summed E-state index contributed by atoms with van der Waals surface area (Å²) in [5.74, 6) is 2.45. The van der Waals surface area contributed by atoms with E-state index in [-0.39, 0.29) is 24.4 Å². The number of anilines is 1. The highest BCUT2D eigenvalue weighted by Crippen LogP contribution is 2.36. The molecule has 1 aliphatic rings. The summed E-state index contributed by atoms with van der Waals surface area (Å²) in [5, 5.41) is 11.4. The Bertz CT molecular complexity index is 1330. The van der Waals surface area contributed by atoms with Gasteiger partial charge in [-0.2, -0.15) is 5.10 Å². The van der Waals surface area contributed by atoms with Crippen molar-refractivity contribution in [2.75, 3.05) is 25.6 Å². The van der Waals surface area contributed by atoms with Crippen molar-refractivity contribution in [2.45, 2.75) is 26.4 Å². The van der Waals surface area contributed by atoms with Gasteiger partial charge in [-0.3, -0.25) is 9.48 Å². The predicted molar refractivity (Wildman–Crippen MR) is 128 cm³/mol. The lowest BCUT2D eigenvalue weighted by atomic mass is 9.95. The quantitative estimate of drug-likeness (QED) is 0.387. The number of hydrogen-bond donors (Lipinski definition) is 3. The van der Waals surface area contributed by atoms with Crippen molar-refractivity contribution in [1.82, 2.24) is 30.0 Å². The van der Waals surface area contributed by atoms with Crippen LogP contribution in [-0.2, 0) is 11.3 Å². The zero-order valence-corrected chi connectivity index (χ0v) is 19.3. The first-order valence-corrected chi connectivity index (χ1v) is 11.2. The van der Waals surface area contributed by atoms with Crippen molar-refractivity contribution in [3.05, 3.63) is 48.5 Å². The molecule has 3 aromatic heterocycles. The Hall–Kier alpha value is -4.08. The molecule has 0 unspecified atom stereocenters. The Kier molecular flexibility index (Phi) is 5.79. The maximum atomic E-state index is 11.6.